The molecular weight excluding hydrogens is 235 g/mol. The molecule has 0 saturated carbocycles. The van der Waals surface area contributed by atoms with Crippen LogP contribution in [0.2, 0.25) is 0 Å². The van der Waals surface area contributed by atoms with Crippen LogP contribution >= 0.6 is 11.3 Å². The first-order valence-corrected chi connectivity index (χ1v) is 6.06. The summed E-state index contributed by atoms with van der Waals surface area (Å²) in [5, 5.41) is 9.01. The standard InChI is InChI=1S/C13H9FN2S/c14-10-4-1-3-9(7-10)11-8-15-16-13(11)12-5-2-6-17-12/h1-8H,(H,15,16). The van der Waals surface area contributed by atoms with Gasteiger partial charge in [-0.25, -0.2) is 4.39 Å². The van der Waals surface area contributed by atoms with E-state index in [4.69, 9.17) is 0 Å². The number of halogens is 1. The number of rotatable bonds is 2. The van der Waals surface area contributed by atoms with Gasteiger partial charge in [0.15, 0.2) is 0 Å². The molecule has 1 aromatic carbocycles. The van der Waals surface area contributed by atoms with Crippen LogP contribution in [0.1, 0.15) is 0 Å². The molecule has 0 atom stereocenters. The summed E-state index contributed by atoms with van der Waals surface area (Å²) in [5.41, 5.74) is 2.69. The third-order valence-corrected chi connectivity index (χ3v) is 3.43. The first-order valence-electron chi connectivity index (χ1n) is 5.18. The molecule has 0 aliphatic heterocycles. The zero-order valence-electron chi connectivity index (χ0n) is 8.85. The van der Waals surface area contributed by atoms with E-state index in [9.17, 15) is 4.39 Å². The van der Waals surface area contributed by atoms with Crippen molar-refractivity contribution in [2.75, 3.05) is 0 Å². The molecule has 2 nitrogen and oxygen atoms in total. The predicted molar refractivity (Wildman–Crippen MR) is 67.3 cm³/mol. The highest BCUT2D eigenvalue weighted by molar-refractivity contribution is 7.13. The van der Waals surface area contributed by atoms with Gasteiger partial charge in [-0.3, -0.25) is 5.10 Å². The van der Waals surface area contributed by atoms with Gasteiger partial charge in [0.1, 0.15) is 5.82 Å². The first kappa shape index (κ1) is 10.2. The van der Waals surface area contributed by atoms with Crippen molar-refractivity contribution in [3.05, 3.63) is 53.8 Å². The lowest BCUT2D eigenvalue weighted by molar-refractivity contribution is 0.628. The highest BCUT2D eigenvalue weighted by Gasteiger charge is 2.10. The molecule has 0 fully saturated rings. The minimum absolute atomic E-state index is 0.235. The topological polar surface area (TPSA) is 28.7 Å². The summed E-state index contributed by atoms with van der Waals surface area (Å²) >= 11 is 1.63. The number of aromatic amines is 1. The van der Waals surface area contributed by atoms with E-state index in [0.717, 1.165) is 21.7 Å². The summed E-state index contributed by atoms with van der Waals surface area (Å²) in [6, 6.07) is 10.5. The Morgan fingerprint density at radius 2 is 2.12 bits per heavy atom. The maximum atomic E-state index is 13.2. The lowest BCUT2D eigenvalue weighted by Crippen LogP contribution is -1.81. The van der Waals surface area contributed by atoms with Crippen molar-refractivity contribution in [2.45, 2.75) is 0 Å². The Kier molecular flexibility index (Phi) is 2.49. The van der Waals surface area contributed by atoms with E-state index in [1.54, 1.807) is 23.6 Å². The Hall–Kier alpha value is -1.94. The molecular formula is C13H9FN2S. The van der Waals surface area contributed by atoms with Crippen LogP contribution in [0.25, 0.3) is 21.7 Å². The molecule has 0 amide bonds. The summed E-state index contributed by atoms with van der Waals surface area (Å²) in [6.45, 7) is 0. The number of hydrogen-bond donors (Lipinski definition) is 1. The number of hydrogen-bond acceptors (Lipinski definition) is 2. The summed E-state index contributed by atoms with van der Waals surface area (Å²) in [7, 11) is 0. The minimum Gasteiger partial charge on any atom is -0.276 e. The highest BCUT2D eigenvalue weighted by atomic mass is 32.1. The molecule has 0 saturated heterocycles. The van der Waals surface area contributed by atoms with Crippen LogP contribution in [0.3, 0.4) is 0 Å². The summed E-state index contributed by atoms with van der Waals surface area (Å²) < 4.78 is 13.2. The lowest BCUT2D eigenvalue weighted by Gasteiger charge is -2.01. The molecule has 0 spiro atoms. The SMILES string of the molecule is Fc1cccc(-c2cn[nH]c2-c2cccs2)c1. The van der Waals surface area contributed by atoms with Crippen LogP contribution in [0.5, 0.6) is 0 Å². The van der Waals surface area contributed by atoms with Crippen molar-refractivity contribution in [1.82, 2.24) is 10.2 Å². The third kappa shape index (κ3) is 1.87. The van der Waals surface area contributed by atoms with Gasteiger partial charge in [0.05, 0.1) is 16.8 Å². The molecule has 0 aliphatic rings. The lowest BCUT2D eigenvalue weighted by atomic mass is 10.1. The van der Waals surface area contributed by atoms with Crippen LogP contribution in [-0.4, -0.2) is 10.2 Å². The van der Waals surface area contributed by atoms with Gasteiger partial charge >= 0.3 is 0 Å². The van der Waals surface area contributed by atoms with Crippen LogP contribution in [0, 0.1) is 5.82 Å². The molecule has 84 valence electrons. The van der Waals surface area contributed by atoms with Crippen LogP contribution in [0.15, 0.2) is 48.0 Å². The van der Waals surface area contributed by atoms with E-state index < -0.39 is 0 Å². The fraction of sp³-hybridized carbons (Fsp3) is 0. The maximum absolute atomic E-state index is 13.2. The van der Waals surface area contributed by atoms with Gasteiger partial charge in [-0.05, 0) is 29.1 Å². The average molecular weight is 244 g/mol. The van der Waals surface area contributed by atoms with Crippen molar-refractivity contribution >= 4 is 11.3 Å². The molecule has 3 rings (SSSR count). The normalized spacial score (nSPS) is 10.6. The molecule has 2 aromatic heterocycles. The van der Waals surface area contributed by atoms with Gasteiger partial charge in [-0.2, -0.15) is 5.10 Å². The molecule has 2 heterocycles. The van der Waals surface area contributed by atoms with Gasteiger partial charge in [0, 0.05) is 5.56 Å². The fourth-order valence-electron chi connectivity index (χ4n) is 1.77. The quantitative estimate of drug-likeness (QED) is 0.726. The van der Waals surface area contributed by atoms with Gasteiger partial charge in [-0.15, -0.1) is 11.3 Å². The minimum atomic E-state index is -0.235. The Morgan fingerprint density at radius 3 is 2.88 bits per heavy atom. The van der Waals surface area contributed by atoms with Crippen molar-refractivity contribution < 1.29 is 4.39 Å². The van der Waals surface area contributed by atoms with Crippen molar-refractivity contribution in [3.8, 4) is 21.7 Å². The fourth-order valence-corrected chi connectivity index (χ4v) is 2.50. The number of benzene rings is 1. The predicted octanol–water partition coefficient (Wildman–Crippen LogP) is 3.94. The highest BCUT2D eigenvalue weighted by Crippen LogP contribution is 2.32. The molecule has 17 heavy (non-hydrogen) atoms. The molecule has 1 N–H and O–H groups in total. The van der Waals surface area contributed by atoms with E-state index in [1.165, 1.54) is 12.1 Å². The molecule has 0 radical (unpaired) electrons. The van der Waals surface area contributed by atoms with Crippen molar-refractivity contribution in [1.29, 1.82) is 0 Å². The van der Waals surface area contributed by atoms with E-state index in [-0.39, 0.29) is 5.82 Å². The summed E-state index contributed by atoms with van der Waals surface area (Å²) in [4.78, 5) is 1.10. The second-order valence-corrected chi connectivity index (χ2v) is 4.59. The Balaban J connectivity index is 2.14. The van der Waals surface area contributed by atoms with E-state index >= 15 is 0 Å². The molecule has 0 unspecified atom stereocenters. The van der Waals surface area contributed by atoms with E-state index in [2.05, 4.69) is 10.2 Å². The number of nitrogens with zero attached hydrogens (tertiary/aromatic N) is 1. The third-order valence-electron chi connectivity index (χ3n) is 2.54. The van der Waals surface area contributed by atoms with Crippen LogP contribution in [-0.2, 0) is 0 Å². The monoisotopic (exact) mass is 244 g/mol. The number of aromatic nitrogens is 2. The second-order valence-electron chi connectivity index (χ2n) is 3.65. The summed E-state index contributed by atoms with van der Waals surface area (Å²) in [5.74, 6) is -0.235. The smallest absolute Gasteiger partial charge is 0.123 e. The molecule has 0 bridgehead atoms. The van der Waals surface area contributed by atoms with Gasteiger partial charge in [0.2, 0.25) is 0 Å². The van der Waals surface area contributed by atoms with E-state index in [0.29, 0.717) is 0 Å². The summed E-state index contributed by atoms with van der Waals surface area (Å²) in [6.07, 6.45) is 1.73. The first-order chi connectivity index (χ1) is 8.34. The van der Waals surface area contributed by atoms with Crippen LogP contribution in [0.4, 0.5) is 4.39 Å². The zero-order valence-corrected chi connectivity index (χ0v) is 9.67. The average Bonchev–Trinajstić information content (AvgIpc) is 3.00. The zero-order chi connectivity index (χ0) is 11.7. The van der Waals surface area contributed by atoms with E-state index in [1.807, 2.05) is 23.6 Å². The Morgan fingerprint density at radius 1 is 1.18 bits per heavy atom. The molecule has 3 aromatic rings. The number of nitrogens with one attached hydrogen (secondary N) is 1. The Labute approximate surface area is 102 Å². The largest absolute Gasteiger partial charge is 0.276 e. The Bertz CT molecular complexity index is 628. The van der Waals surface area contributed by atoms with Gasteiger partial charge in [-0.1, -0.05) is 18.2 Å². The van der Waals surface area contributed by atoms with Gasteiger partial charge in [0.25, 0.3) is 0 Å². The van der Waals surface area contributed by atoms with Gasteiger partial charge < -0.3 is 0 Å². The molecule has 0 aliphatic carbocycles. The number of thiophene rings is 1. The van der Waals surface area contributed by atoms with Crippen molar-refractivity contribution in [2.24, 2.45) is 0 Å². The van der Waals surface area contributed by atoms with Crippen molar-refractivity contribution in [3.63, 3.8) is 0 Å². The number of H-pyrrole nitrogens is 1. The molecule has 4 heteroatoms. The maximum Gasteiger partial charge on any atom is 0.123 e. The second kappa shape index (κ2) is 4.14. The van der Waals surface area contributed by atoms with Crippen LogP contribution < -0.4 is 0 Å².